The van der Waals surface area contributed by atoms with Gasteiger partial charge in [0.25, 0.3) is 0 Å². The average molecular weight is 207 g/mol. The van der Waals surface area contributed by atoms with Crippen LogP contribution in [0.1, 0.15) is 32.1 Å². The SMILES string of the molecule is N[C@H](CC1CCCC(F)(F)C1)C(=O)O. The Balaban J connectivity index is 2.42. The van der Waals surface area contributed by atoms with Gasteiger partial charge in [-0.05, 0) is 25.2 Å². The van der Waals surface area contributed by atoms with Gasteiger partial charge in [-0.25, -0.2) is 8.78 Å². The molecule has 1 aliphatic rings. The van der Waals surface area contributed by atoms with Crippen molar-refractivity contribution in [2.75, 3.05) is 0 Å². The molecule has 1 unspecified atom stereocenters. The van der Waals surface area contributed by atoms with Crippen molar-refractivity contribution in [2.45, 2.75) is 44.1 Å². The molecule has 3 N–H and O–H groups in total. The molecule has 1 aliphatic carbocycles. The zero-order valence-electron chi connectivity index (χ0n) is 7.88. The number of halogens is 2. The molecule has 3 nitrogen and oxygen atoms in total. The average Bonchev–Trinajstić information content (AvgIpc) is 2.01. The first-order valence-corrected chi connectivity index (χ1v) is 4.77. The van der Waals surface area contributed by atoms with Gasteiger partial charge in [-0.3, -0.25) is 4.79 Å². The fraction of sp³-hybridized carbons (Fsp3) is 0.889. The Labute approximate surface area is 81.3 Å². The van der Waals surface area contributed by atoms with Crippen molar-refractivity contribution in [3.05, 3.63) is 0 Å². The molecule has 2 atom stereocenters. The second-order valence-corrected chi connectivity index (χ2v) is 4.00. The maximum atomic E-state index is 12.9. The Bertz CT molecular complexity index is 221. The van der Waals surface area contributed by atoms with Gasteiger partial charge in [0.1, 0.15) is 6.04 Å². The predicted octanol–water partition coefficient (Wildman–Crippen LogP) is 1.61. The van der Waals surface area contributed by atoms with Crippen LogP contribution in [0.15, 0.2) is 0 Å². The standard InChI is InChI=1S/C9H15F2NO2/c10-9(11)3-1-2-6(5-9)4-7(12)8(13)14/h6-7H,1-5,12H2,(H,13,14)/t6?,7-/m1/s1. The number of carboxylic acid groups (broad SMARTS) is 1. The van der Waals surface area contributed by atoms with E-state index in [0.717, 1.165) is 0 Å². The van der Waals surface area contributed by atoms with Crippen LogP contribution in [0.25, 0.3) is 0 Å². The normalized spacial score (nSPS) is 28.4. The van der Waals surface area contributed by atoms with Gasteiger partial charge in [0, 0.05) is 12.8 Å². The summed E-state index contributed by atoms with van der Waals surface area (Å²) < 4.78 is 25.8. The smallest absolute Gasteiger partial charge is 0.320 e. The number of nitrogens with two attached hydrogens (primary N) is 1. The molecule has 0 heterocycles. The molecule has 0 aromatic carbocycles. The third-order valence-corrected chi connectivity index (χ3v) is 2.65. The summed E-state index contributed by atoms with van der Waals surface area (Å²) in [4.78, 5) is 10.4. The van der Waals surface area contributed by atoms with Crippen molar-refractivity contribution in [3.8, 4) is 0 Å². The number of alkyl halides is 2. The lowest BCUT2D eigenvalue weighted by atomic mass is 9.83. The Kier molecular flexibility index (Phi) is 3.42. The minimum atomic E-state index is -2.62. The zero-order chi connectivity index (χ0) is 10.8. The Morgan fingerprint density at radius 3 is 2.79 bits per heavy atom. The molecule has 82 valence electrons. The van der Waals surface area contributed by atoms with Gasteiger partial charge >= 0.3 is 5.97 Å². The van der Waals surface area contributed by atoms with Crippen LogP contribution in [0.3, 0.4) is 0 Å². The molecule has 1 fully saturated rings. The van der Waals surface area contributed by atoms with Crippen LogP contribution in [0.4, 0.5) is 8.78 Å². The van der Waals surface area contributed by atoms with Gasteiger partial charge in [-0.15, -0.1) is 0 Å². The highest BCUT2D eigenvalue weighted by atomic mass is 19.3. The van der Waals surface area contributed by atoms with Gasteiger partial charge in [-0.2, -0.15) is 0 Å². The van der Waals surface area contributed by atoms with Gasteiger partial charge in [0.15, 0.2) is 0 Å². The van der Waals surface area contributed by atoms with E-state index in [2.05, 4.69) is 0 Å². The third kappa shape index (κ3) is 3.21. The predicted molar refractivity (Wildman–Crippen MR) is 47.1 cm³/mol. The summed E-state index contributed by atoms with van der Waals surface area (Å²) in [5.74, 6) is -3.98. The third-order valence-electron chi connectivity index (χ3n) is 2.65. The highest BCUT2D eigenvalue weighted by molar-refractivity contribution is 5.73. The summed E-state index contributed by atoms with van der Waals surface area (Å²) in [6.45, 7) is 0. The molecule has 0 bridgehead atoms. The molecule has 1 saturated carbocycles. The minimum absolute atomic E-state index is 0.0776. The van der Waals surface area contributed by atoms with E-state index in [1.54, 1.807) is 0 Å². The molecular weight excluding hydrogens is 192 g/mol. The van der Waals surface area contributed by atoms with Crippen LogP contribution in [0, 0.1) is 5.92 Å². The van der Waals surface area contributed by atoms with Gasteiger partial charge < -0.3 is 10.8 Å². The van der Waals surface area contributed by atoms with Crippen molar-refractivity contribution in [1.82, 2.24) is 0 Å². The van der Waals surface area contributed by atoms with E-state index >= 15 is 0 Å². The van der Waals surface area contributed by atoms with Crippen LogP contribution in [-0.4, -0.2) is 23.0 Å². The second-order valence-electron chi connectivity index (χ2n) is 4.00. The number of aliphatic carboxylic acids is 1. The quantitative estimate of drug-likeness (QED) is 0.739. The fourth-order valence-corrected chi connectivity index (χ4v) is 1.94. The first kappa shape index (κ1) is 11.4. The lowest BCUT2D eigenvalue weighted by Gasteiger charge is -2.29. The van der Waals surface area contributed by atoms with E-state index in [1.807, 2.05) is 0 Å². The van der Waals surface area contributed by atoms with Gasteiger partial charge in [-0.1, -0.05) is 0 Å². The van der Waals surface area contributed by atoms with Crippen molar-refractivity contribution in [3.63, 3.8) is 0 Å². The first-order chi connectivity index (χ1) is 6.41. The molecule has 0 radical (unpaired) electrons. The van der Waals surface area contributed by atoms with E-state index in [1.165, 1.54) is 0 Å². The molecule has 0 aromatic heterocycles. The molecule has 1 rings (SSSR count). The number of hydrogen-bond donors (Lipinski definition) is 2. The Hall–Kier alpha value is -0.710. The number of hydrogen-bond acceptors (Lipinski definition) is 2. The lowest BCUT2D eigenvalue weighted by Crippen LogP contribution is -2.35. The molecule has 0 amide bonds. The van der Waals surface area contributed by atoms with Crippen LogP contribution in [-0.2, 0) is 4.79 Å². The topological polar surface area (TPSA) is 63.3 Å². The highest BCUT2D eigenvalue weighted by Crippen LogP contribution is 2.38. The number of carbonyl (C=O) groups is 1. The molecule has 0 saturated heterocycles. The van der Waals surface area contributed by atoms with E-state index in [0.29, 0.717) is 12.8 Å². The molecule has 0 aliphatic heterocycles. The zero-order valence-corrected chi connectivity index (χ0v) is 7.88. The van der Waals surface area contributed by atoms with E-state index in [4.69, 9.17) is 10.8 Å². The van der Waals surface area contributed by atoms with Crippen molar-refractivity contribution in [2.24, 2.45) is 11.7 Å². The van der Waals surface area contributed by atoms with Crippen molar-refractivity contribution >= 4 is 5.97 Å². The molecule has 0 aromatic rings. The number of carboxylic acids is 1. The monoisotopic (exact) mass is 207 g/mol. The summed E-state index contributed by atoms with van der Waals surface area (Å²) in [5.41, 5.74) is 5.29. The Morgan fingerprint density at radius 1 is 1.64 bits per heavy atom. The lowest BCUT2D eigenvalue weighted by molar-refractivity contribution is -0.139. The second kappa shape index (κ2) is 4.21. The first-order valence-electron chi connectivity index (χ1n) is 4.77. The van der Waals surface area contributed by atoms with Crippen LogP contribution < -0.4 is 5.73 Å². The van der Waals surface area contributed by atoms with Crippen LogP contribution >= 0.6 is 0 Å². The van der Waals surface area contributed by atoms with Gasteiger partial charge in [0.2, 0.25) is 5.92 Å². The molecule has 14 heavy (non-hydrogen) atoms. The van der Waals surface area contributed by atoms with Crippen molar-refractivity contribution in [1.29, 1.82) is 0 Å². The highest BCUT2D eigenvalue weighted by Gasteiger charge is 2.37. The van der Waals surface area contributed by atoms with Gasteiger partial charge in [0.05, 0.1) is 0 Å². The summed E-state index contributed by atoms with van der Waals surface area (Å²) in [6, 6.07) is -1.01. The van der Waals surface area contributed by atoms with E-state index in [9.17, 15) is 13.6 Å². The summed E-state index contributed by atoms with van der Waals surface area (Å²) in [6.07, 6.45) is 0.991. The minimum Gasteiger partial charge on any atom is -0.480 e. The summed E-state index contributed by atoms with van der Waals surface area (Å²) in [7, 11) is 0. The fourth-order valence-electron chi connectivity index (χ4n) is 1.94. The van der Waals surface area contributed by atoms with Crippen molar-refractivity contribution < 1.29 is 18.7 Å². The maximum absolute atomic E-state index is 12.9. The summed E-state index contributed by atoms with van der Waals surface area (Å²) >= 11 is 0. The number of rotatable bonds is 3. The van der Waals surface area contributed by atoms with Crippen LogP contribution in [0.2, 0.25) is 0 Å². The van der Waals surface area contributed by atoms with E-state index in [-0.39, 0.29) is 25.2 Å². The van der Waals surface area contributed by atoms with Crippen LogP contribution in [0.5, 0.6) is 0 Å². The largest absolute Gasteiger partial charge is 0.480 e. The molecule has 5 heteroatoms. The van der Waals surface area contributed by atoms with E-state index < -0.39 is 17.9 Å². The molecule has 0 spiro atoms. The Morgan fingerprint density at radius 2 is 2.29 bits per heavy atom. The summed E-state index contributed by atoms with van der Waals surface area (Å²) in [5, 5.41) is 8.53. The maximum Gasteiger partial charge on any atom is 0.320 e. The molecular formula is C9H15F2NO2.